The summed E-state index contributed by atoms with van der Waals surface area (Å²) in [6, 6.07) is 14.0. The number of nitriles is 1. The highest BCUT2D eigenvalue weighted by molar-refractivity contribution is 14.1. The van der Waals surface area contributed by atoms with Gasteiger partial charge >= 0.3 is 0 Å². The fourth-order valence-corrected chi connectivity index (χ4v) is 3.98. The van der Waals surface area contributed by atoms with Gasteiger partial charge < -0.3 is 9.47 Å². The lowest BCUT2D eigenvalue weighted by Gasteiger charge is -2.14. The number of hydrazone groups is 1. The van der Waals surface area contributed by atoms with Crippen molar-refractivity contribution in [3.05, 3.63) is 90.2 Å². The number of ether oxygens (including phenoxy) is 2. The lowest BCUT2D eigenvalue weighted by Crippen LogP contribution is -2.19. The van der Waals surface area contributed by atoms with Crippen LogP contribution < -0.4 is 14.9 Å². The number of rotatable bonds is 7. The van der Waals surface area contributed by atoms with Gasteiger partial charge in [0.1, 0.15) is 12.4 Å². The standard InChI is InChI=1S/C23H15Cl2FIN3O3/c1-32-21-8-14(11-29-30-23(31)17-5-2-13(10-28)6-19(17)26)7-20(27)22(21)33-12-15-3-4-16(24)9-18(15)25/h2-9,11H,12H2,1H3,(H,30,31)/b29-11-. The Labute approximate surface area is 213 Å². The maximum Gasteiger partial charge on any atom is 0.274 e. The SMILES string of the molecule is COc1cc(/C=N\NC(=O)c2ccc(C#N)cc2F)cc(I)c1OCc1ccc(Cl)cc1Cl. The van der Waals surface area contributed by atoms with Crippen molar-refractivity contribution in [1.29, 1.82) is 5.26 Å². The molecule has 0 fully saturated rings. The van der Waals surface area contributed by atoms with Gasteiger partial charge in [0.2, 0.25) is 0 Å². The van der Waals surface area contributed by atoms with Crippen LogP contribution in [-0.2, 0) is 6.61 Å². The summed E-state index contributed by atoms with van der Waals surface area (Å²) in [6.45, 7) is 0.210. The topological polar surface area (TPSA) is 83.7 Å². The summed E-state index contributed by atoms with van der Waals surface area (Å²) >= 11 is 14.2. The van der Waals surface area contributed by atoms with Crippen LogP contribution in [0.3, 0.4) is 0 Å². The number of carbonyl (C=O) groups excluding carboxylic acids is 1. The molecule has 0 saturated carbocycles. The van der Waals surface area contributed by atoms with Crippen molar-refractivity contribution in [3.63, 3.8) is 0 Å². The number of nitrogens with one attached hydrogen (secondary N) is 1. The van der Waals surface area contributed by atoms with Crippen molar-refractivity contribution in [2.24, 2.45) is 5.10 Å². The van der Waals surface area contributed by atoms with E-state index in [1.807, 2.05) is 0 Å². The van der Waals surface area contributed by atoms with Crippen molar-refractivity contribution in [2.45, 2.75) is 6.61 Å². The number of amides is 1. The van der Waals surface area contributed by atoms with Crippen LogP contribution in [0.25, 0.3) is 0 Å². The van der Waals surface area contributed by atoms with Gasteiger partial charge in [0.25, 0.3) is 5.91 Å². The molecule has 0 unspecified atom stereocenters. The monoisotopic (exact) mass is 597 g/mol. The predicted octanol–water partition coefficient (Wildman–Crippen LogP) is 5.96. The molecule has 3 aromatic rings. The minimum Gasteiger partial charge on any atom is -0.493 e. The van der Waals surface area contributed by atoms with Gasteiger partial charge in [-0.3, -0.25) is 4.79 Å². The van der Waals surface area contributed by atoms with E-state index in [0.29, 0.717) is 27.1 Å². The van der Waals surface area contributed by atoms with Gasteiger partial charge in [0.15, 0.2) is 11.5 Å². The van der Waals surface area contributed by atoms with Gasteiger partial charge in [-0.25, -0.2) is 9.82 Å². The quantitative estimate of drug-likeness (QED) is 0.207. The Bertz CT molecular complexity index is 1280. The molecule has 0 atom stereocenters. The lowest BCUT2D eigenvalue weighted by atomic mass is 10.1. The summed E-state index contributed by atoms with van der Waals surface area (Å²) < 4.78 is 26.0. The summed E-state index contributed by atoms with van der Waals surface area (Å²) in [6.07, 6.45) is 1.39. The highest BCUT2D eigenvalue weighted by atomic mass is 127. The number of nitrogens with zero attached hydrogens (tertiary/aromatic N) is 2. The lowest BCUT2D eigenvalue weighted by molar-refractivity contribution is 0.0951. The molecule has 1 amide bonds. The number of methoxy groups -OCH3 is 1. The number of hydrogen-bond donors (Lipinski definition) is 1. The first-order chi connectivity index (χ1) is 15.8. The molecule has 0 aliphatic heterocycles. The van der Waals surface area contributed by atoms with E-state index in [9.17, 15) is 9.18 Å². The van der Waals surface area contributed by atoms with Crippen molar-refractivity contribution < 1.29 is 18.7 Å². The fraction of sp³-hybridized carbons (Fsp3) is 0.0870. The van der Waals surface area contributed by atoms with Crippen molar-refractivity contribution in [1.82, 2.24) is 5.43 Å². The summed E-state index contributed by atoms with van der Waals surface area (Å²) in [5, 5.41) is 13.7. The van der Waals surface area contributed by atoms with Crippen molar-refractivity contribution >= 4 is 57.9 Å². The van der Waals surface area contributed by atoms with E-state index in [0.717, 1.165) is 15.2 Å². The predicted molar refractivity (Wildman–Crippen MR) is 133 cm³/mol. The Kier molecular flexibility index (Phi) is 8.49. The third kappa shape index (κ3) is 6.35. The van der Waals surface area contributed by atoms with Crippen LogP contribution in [0.1, 0.15) is 27.0 Å². The van der Waals surface area contributed by atoms with E-state index in [-0.39, 0.29) is 17.7 Å². The molecule has 0 aliphatic carbocycles. The fourth-order valence-electron chi connectivity index (χ4n) is 2.74. The highest BCUT2D eigenvalue weighted by Crippen LogP contribution is 2.35. The summed E-state index contributed by atoms with van der Waals surface area (Å²) in [5.74, 6) is -0.571. The van der Waals surface area contributed by atoms with Crippen LogP contribution in [0.5, 0.6) is 11.5 Å². The molecule has 0 bridgehead atoms. The molecule has 3 aromatic carbocycles. The maximum atomic E-state index is 14.0. The average molecular weight is 598 g/mol. The average Bonchev–Trinajstić information content (AvgIpc) is 2.78. The first-order valence-electron chi connectivity index (χ1n) is 9.29. The van der Waals surface area contributed by atoms with E-state index >= 15 is 0 Å². The first kappa shape index (κ1) is 24.8. The Morgan fingerprint density at radius 3 is 2.70 bits per heavy atom. The molecule has 0 aliphatic rings. The molecule has 168 valence electrons. The molecular formula is C23H15Cl2FIN3O3. The van der Waals surface area contributed by atoms with Gasteiger partial charge in [-0.2, -0.15) is 10.4 Å². The number of hydrogen-bond acceptors (Lipinski definition) is 5. The molecule has 1 N–H and O–H groups in total. The third-order valence-electron chi connectivity index (χ3n) is 4.36. The minimum absolute atomic E-state index is 0.120. The van der Waals surface area contributed by atoms with Crippen LogP contribution in [0.2, 0.25) is 10.0 Å². The molecule has 0 radical (unpaired) electrons. The zero-order chi connectivity index (χ0) is 24.0. The minimum atomic E-state index is -0.805. The number of benzene rings is 3. The first-order valence-corrected chi connectivity index (χ1v) is 11.1. The van der Waals surface area contributed by atoms with E-state index < -0.39 is 11.7 Å². The van der Waals surface area contributed by atoms with Gasteiger partial charge in [-0.15, -0.1) is 0 Å². The normalized spacial score (nSPS) is 10.7. The molecule has 0 heterocycles. The van der Waals surface area contributed by atoms with Crippen LogP contribution in [0.15, 0.2) is 53.6 Å². The second-order valence-electron chi connectivity index (χ2n) is 6.56. The summed E-state index contributed by atoms with van der Waals surface area (Å²) in [4.78, 5) is 12.2. The zero-order valence-corrected chi connectivity index (χ0v) is 20.7. The highest BCUT2D eigenvalue weighted by Gasteiger charge is 2.14. The molecule has 10 heteroatoms. The van der Waals surface area contributed by atoms with E-state index in [1.54, 1.807) is 36.4 Å². The Hall–Kier alpha value is -2.87. The van der Waals surface area contributed by atoms with Gasteiger partial charge in [-0.1, -0.05) is 29.3 Å². The molecular weight excluding hydrogens is 583 g/mol. The Balaban J connectivity index is 1.71. The molecule has 33 heavy (non-hydrogen) atoms. The van der Waals surface area contributed by atoms with Crippen molar-refractivity contribution in [2.75, 3.05) is 7.11 Å². The maximum absolute atomic E-state index is 14.0. The van der Waals surface area contributed by atoms with Crippen LogP contribution in [-0.4, -0.2) is 19.2 Å². The van der Waals surface area contributed by atoms with Crippen LogP contribution in [0, 0.1) is 20.7 Å². The Morgan fingerprint density at radius 1 is 1.24 bits per heavy atom. The van der Waals surface area contributed by atoms with Crippen LogP contribution >= 0.6 is 45.8 Å². The third-order valence-corrected chi connectivity index (χ3v) is 5.75. The number of carbonyl (C=O) groups is 1. The largest absolute Gasteiger partial charge is 0.493 e. The van der Waals surface area contributed by atoms with Gasteiger partial charge in [-0.05, 0) is 70.6 Å². The second-order valence-corrected chi connectivity index (χ2v) is 8.57. The number of halogens is 4. The smallest absolute Gasteiger partial charge is 0.274 e. The Morgan fingerprint density at radius 2 is 2.03 bits per heavy atom. The summed E-state index contributed by atoms with van der Waals surface area (Å²) in [5.41, 5.74) is 3.55. The molecule has 0 saturated heterocycles. The van der Waals surface area contributed by atoms with Gasteiger partial charge in [0.05, 0.1) is 34.1 Å². The van der Waals surface area contributed by atoms with Crippen molar-refractivity contribution in [3.8, 4) is 17.6 Å². The molecule has 0 spiro atoms. The summed E-state index contributed by atoms with van der Waals surface area (Å²) in [7, 11) is 1.50. The van der Waals surface area contributed by atoms with Crippen LogP contribution in [0.4, 0.5) is 4.39 Å². The second kappa shape index (κ2) is 11.3. The van der Waals surface area contributed by atoms with E-state index in [4.69, 9.17) is 37.9 Å². The van der Waals surface area contributed by atoms with E-state index in [2.05, 4.69) is 33.1 Å². The van der Waals surface area contributed by atoms with E-state index in [1.165, 1.54) is 25.5 Å². The molecule has 3 rings (SSSR count). The molecule has 6 nitrogen and oxygen atoms in total. The zero-order valence-electron chi connectivity index (χ0n) is 17.0. The van der Waals surface area contributed by atoms with Gasteiger partial charge in [0, 0.05) is 15.6 Å². The molecule has 0 aromatic heterocycles.